The zero-order valence-electron chi connectivity index (χ0n) is 10.8. The number of carbonyl (C=O) groups is 2. The van der Waals surface area contributed by atoms with Crippen LogP contribution in [0.25, 0.3) is 0 Å². The van der Waals surface area contributed by atoms with Crippen LogP contribution in [0, 0.1) is 0 Å². The topological polar surface area (TPSA) is 55.4 Å². The van der Waals surface area contributed by atoms with E-state index in [0.29, 0.717) is 22.1 Å². The Morgan fingerprint density at radius 2 is 2.00 bits per heavy atom. The molecule has 1 aromatic heterocycles. The number of carbonyl (C=O) groups excluding carboxylic acids is 2. The number of thioether (sulfide) groups is 1. The minimum Gasteiger partial charge on any atom is -0.426 e. The number of amides is 1. The molecular formula is C14H13NO3S2. The van der Waals surface area contributed by atoms with Crippen LogP contribution in [-0.2, 0) is 4.79 Å². The molecule has 1 heterocycles. The van der Waals surface area contributed by atoms with Crippen LogP contribution in [0.1, 0.15) is 9.67 Å². The smallest absolute Gasteiger partial charge is 0.321 e. The number of ether oxygens (including phenoxy) is 1. The first-order chi connectivity index (χ1) is 9.69. The second kappa shape index (κ2) is 7.12. The molecule has 0 radical (unpaired) electrons. The van der Waals surface area contributed by atoms with Gasteiger partial charge in [-0.05, 0) is 42.0 Å². The minimum absolute atomic E-state index is 0.146. The molecule has 0 atom stereocenters. The van der Waals surface area contributed by atoms with E-state index in [-0.39, 0.29) is 11.9 Å². The summed E-state index contributed by atoms with van der Waals surface area (Å²) in [6, 6.07) is 10.3. The summed E-state index contributed by atoms with van der Waals surface area (Å²) in [6.45, 7) is 0. The highest BCUT2D eigenvalue weighted by atomic mass is 32.2. The van der Waals surface area contributed by atoms with Crippen LogP contribution in [-0.4, -0.2) is 23.9 Å². The van der Waals surface area contributed by atoms with Gasteiger partial charge in [0.1, 0.15) is 5.75 Å². The summed E-state index contributed by atoms with van der Waals surface area (Å²) in [5.41, 5.74) is 0.660. The van der Waals surface area contributed by atoms with Crippen LogP contribution in [0.15, 0.2) is 41.8 Å². The Balaban J connectivity index is 1.95. The summed E-state index contributed by atoms with van der Waals surface area (Å²) in [7, 11) is 0. The molecule has 0 unspecified atom stereocenters. The van der Waals surface area contributed by atoms with Crippen LogP contribution in [0.5, 0.6) is 5.75 Å². The number of esters is 1. The molecule has 0 aliphatic heterocycles. The van der Waals surface area contributed by atoms with Gasteiger partial charge in [0.2, 0.25) is 0 Å². The monoisotopic (exact) mass is 307 g/mol. The number of thiophene rings is 1. The lowest BCUT2D eigenvalue weighted by atomic mass is 10.3. The van der Waals surface area contributed by atoms with Crippen LogP contribution >= 0.6 is 23.1 Å². The number of hydrogen-bond donors (Lipinski definition) is 1. The Kier molecular flexibility index (Phi) is 5.20. The normalized spacial score (nSPS) is 10.1. The van der Waals surface area contributed by atoms with Crippen LogP contribution in [0.4, 0.5) is 5.69 Å². The van der Waals surface area contributed by atoms with Crippen LogP contribution in [0.2, 0.25) is 0 Å². The molecule has 1 aromatic carbocycles. The van der Waals surface area contributed by atoms with Gasteiger partial charge < -0.3 is 10.1 Å². The summed E-state index contributed by atoms with van der Waals surface area (Å²) < 4.78 is 5.12. The molecule has 104 valence electrons. The first-order valence-electron chi connectivity index (χ1n) is 5.83. The van der Waals surface area contributed by atoms with E-state index in [1.54, 1.807) is 30.3 Å². The Hall–Kier alpha value is -1.79. The fourth-order valence-electron chi connectivity index (χ4n) is 1.49. The van der Waals surface area contributed by atoms with Gasteiger partial charge in [-0.1, -0.05) is 6.07 Å². The lowest BCUT2D eigenvalue weighted by Gasteiger charge is -2.06. The third-order valence-corrected chi connectivity index (χ3v) is 3.74. The van der Waals surface area contributed by atoms with E-state index in [4.69, 9.17) is 4.74 Å². The lowest BCUT2D eigenvalue weighted by molar-refractivity contribution is -0.131. The maximum Gasteiger partial charge on any atom is 0.321 e. The van der Waals surface area contributed by atoms with Gasteiger partial charge in [0.05, 0.1) is 10.6 Å². The molecule has 0 bridgehead atoms. The van der Waals surface area contributed by atoms with Crippen LogP contribution < -0.4 is 10.1 Å². The molecule has 6 heteroatoms. The molecule has 0 spiro atoms. The van der Waals surface area contributed by atoms with E-state index in [1.165, 1.54) is 23.1 Å². The van der Waals surface area contributed by atoms with Crippen molar-refractivity contribution in [1.29, 1.82) is 0 Å². The summed E-state index contributed by atoms with van der Waals surface area (Å²) in [6.07, 6.45) is 1.84. The molecule has 0 aliphatic rings. The molecule has 0 aliphatic carbocycles. The highest BCUT2D eigenvalue weighted by molar-refractivity contribution is 7.99. The second-order valence-corrected chi connectivity index (χ2v) is 5.68. The van der Waals surface area contributed by atoms with Crippen LogP contribution in [0.3, 0.4) is 0 Å². The highest BCUT2D eigenvalue weighted by Gasteiger charge is 2.07. The van der Waals surface area contributed by atoms with E-state index in [1.807, 2.05) is 17.7 Å². The van der Waals surface area contributed by atoms with Crippen molar-refractivity contribution in [3.63, 3.8) is 0 Å². The van der Waals surface area contributed by atoms with E-state index in [0.717, 1.165) is 0 Å². The summed E-state index contributed by atoms with van der Waals surface area (Å²) in [5, 5.41) is 4.63. The standard InChI is InChI=1S/C14H13NO3S2/c1-19-9-13(16)18-11-6-4-10(5-7-11)15-14(17)12-3-2-8-20-12/h2-8H,9H2,1H3,(H,15,17). The average molecular weight is 307 g/mol. The quantitative estimate of drug-likeness (QED) is 0.680. The Bertz CT molecular complexity index is 579. The molecule has 1 amide bonds. The van der Waals surface area contributed by atoms with Gasteiger partial charge in [-0.2, -0.15) is 11.8 Å². The fraction of sp³-hybridized carbons (Fsp3) is 0.143. The number of nitrogens with one attached hydrogen (secondary N) is 1. The molecule has 0 fully saturated rings. The zero-order valence-corrected chi connectivity index (χ0v) is 12.4. The molecule has 0 saturated carbocycles. The largest absolute Gasteiger partial charge is 0.426 e. The number of benzene rings is 1. The van der Waals surface area contributed by atoms with Gasteiger partial charge in [-0.25, -0.2) is 0 Å². The van der Waals surface area contributed by atoms with Crippen molar-refractivity contribution < 1.29 is 14.3 Å². The number of rotatable bonds is 5. The fourth-order valence-corrected chi connectivity index (χ4v) is 2.40. The summed E-state index contributed by atoms with van der Waals surface area (Å²) in [5.74, 6) is 0.356. The molecule has 2 rings (SSSR count). The minimum atomic E-state index is -0.284. The molecule has 2 aromatic rings. The first-order valence-corrected chi connectivity index (χ1v) is 8.11. The molecular weight excluding hydrogens is 294 g/mol. The third kappa shape index (κ3) is 4.11. The van der Waals surface area contributed by atoms with Crippen molar-refractivity contribution in [1.82, 2.24) is 0 Å². The Labute approximate surface area is 125 Å². The summed E-state index contributed by atoms with van der Waals surface area (Å²) >= 11 is 2.79. The second-order valence-electron chi connectivity index (χ2n) is 3.86. The van der Waals surface area contributed by atoms with Gasteiger partial charge in [-0.3, -0.25) is 9.59 Å². The first kappa shape index (κ1) is 14.6. The summed E-state index contributed by atoms with van der Waals surface area (Å²) in [4.78, 5) is 23.8. The van der Waals surface area contributed by atoms with Gasteiger partial charge in [0.25, 0.3) is 5.91 Å². The average Bonchev–Trinajstić information content (AvgIpc) is 2.95. The SMILES string of the molecule is CSCC(=O)Oc1ccc(NC(=O)c2cccs2)cc1. The lowest BCUT2D eigenvalue weighted by Crippen LogP contribution is -2.11. The molecule has 0 saturated heterocycles. The predicted octanol–water partition coefficient (Wildman–Crippen LogP) is 3.27. The number of hydrogen-bond acceptors (Lipinski definition) is 5. The molecule has 1 N–H and O–H groups in total. The van der Waals surface area contributed by atoms with E-state index < -0.39 is 0 Å². The maximum absolute atomic E-state index is 11.8. The Morgan fingerprint density at radius 3 is 2.60 bits per heavy atom. The Morgan fingerprint density at radius 1 is 1.25 bits per heavy atom. The highest BCUT2D eigenvalue weighted by Crippen LogP contribution is 2.18. The van der Waals surface area contributed by atoms with Crippen molar-refractivity contribution in [3.8, 4) is 5.75 Å². The number of anilines is 1. The van der Waals surface area contributed by atoms with Gasteiger partial charge in [0.15, 0.2) is 0 Å². The predicted molar refractivity (Wildman–Crippen MR) is 82.7 cm³/mol. The van der Waals surface area contributed by atoms with Crippen molar-refractivity contribution in [2.24, 2.45) is 0 Å². The van der Waals surface area contributed by atoms with Crippen molar-refractivity contribution in [3.05, 3.63) is 46.7 Å². The van der Waals surface area contributed by atoms with Crippen molar-refractivity contribution >= 4 is 40.7 Å². The van der Waals surface area contributed by atoms with Crippen molar-refractivity contribution in [2.45, 2.75) is 0 Å². The van der Waals surface area contributed by atoms with E-state index in [2.05, 4.69) is 5.32 Å². The van der Waals surface area contributed by atoms with Gasteiger partial charge in [0, 0.05) is 5.69 Å². The zero-order chi connectivity index (χ0) is 14.4. The maximum atomic E-state index is 11.8. The van der Waals surface area contributed by atoms with Crippen molar-refractivity contribution in [2.75, 3.05) is 17.3 Å². The van der Waals surface area contributed by atoms with E-state index >= 15 is 0 Å². The van der Waals surface area contributed by atoms with Gasteiger partial charge in [-0.15, -0.1) is 11.3 Å². The third-order valence-electron chi connectivity index (χ3n) is 2.35. The molecule has 20 heavy (non-hydrogen) atoms. The van der Waals surface area contributed by atoms with Gasteiger partial charge >= 0.3 is 5.97 Å². The van der Waals surface area contributed by atoms with E-state index in [9.17, 15) is 9.59 Å². The molecule has 4 nitrogen and oxygen atoms in total.